The van der Waals surface area contributed by atoms with Crippen LogP contribution in [0.4, 0.5) is 10.5 Å². The second kappa shape index (κ2) is 11.4. The third-order valence-corrected chi connectivity index (χ3v) is 4.56. The van der Waals surface area contributed by atoms with E-state index in [1.807, 2.05) is 37.3 Å². The quantitative estimate of drug-likeness (QED) is 0.520. The van der Waals surface area contributed by atoms with Crippen molar-refractivity contribution >= 4 is 29.3 Å². The van der Waals surface area contributed by atoms with Crippen LogP contribution < -0.4 is 15.4 Å². The molecule has 0 aliphatic heterocycles. The van der Waals surface area contributed by atoms with Gasteiger partial charge in [0.1, 0.15) is 11.3 Å². The monoisotopic (exact) mass is 436 g/mol. The zero-order chi connectivity index (χ0) is 22.1. The van der Waals surface area contributed by atoms with Gasteiger partial charge in [-0.15, -0.1) is 0 Å². The van der Waals surface area contributed by atoms with Crippen LogP contribution in [-0.2, 0) is 9.47 Å². The molecule has 2 amide bonds. The molecule has 0 aromatic heterocycles. The molecule has 0 radical (unpaired) electrons. The highest BCUT2D eigenvalue weighted by Crippen LogP contribution is 2.31. The lowest BCUT2D eigenvalue weighted by Crippen LogP contribution is -2.37. The van der Waals surface area contributed by atoms with Gasteiger partial charge in [0.2, 0.25) is 0 Å². The van der Waals surface area contributed by atoms with Crippen molar-refractivity contribution in [2.45, 2.75) is 19.1 Å². The highest BCUT2D eigenvalue weighted by Gasteiger charge is 2.18. The van der Waals surface area contributed by atoms with E-state index in [4.69, 9.17) is 21.1 Å². The van der Waals surface area contributed by atoms with Crippen LogP contribution in [0.25, 0.3) is 0 Å². The van der Waals surface area contributed by atoms with Gasteiger partial charge >= 0.3 is 12.0 Å². The van der Waals surface area contributed by atoms with Gasteiger partial charge in [-0.2, -0.15) is 0 Å². The van der Waals surface area contributed by atoms with Crippen LogP contribution in [0.3, 0.4) is 0 Å². The molecule has 2 aromatic rings. The number of methoxy groups -OCH3 is 2. The van der Waals surface area contributed by atoms with E-state index in [1.165, 1.54) is 26.4 Å². The maximum Gasteiger partial charge on any atom is 0.341 e. The number of ether oxygens (including phenoxy) is 3. The Morgan fingerprint density at radius 1 is 1.17 bits per heavy atom. The maximum absolute atomic E-state index is 12.1. The van der Waals surface area contributed by atoms with Crippen LogP contribution in [-0.4, -0.2) is 50.6 Å². The van der Waals surface area contributed by atoms with Gasteiger partial charge in [-0.05, 0) is 18.6 Å². The van der Waals surface area contributed by atoms with E-state index >= 15 is 0 Å². The summed E-state index contributed by atoms with van der Waals surface area (Å²) in [6.45, 7) is 1.91. The SMILES string of the molecule is COC(=O)c1cc(Cl)c(NC(=O)NC[C@@H](O)CO[C@H](C)c2ccccc2)cc1OC. The number of carbonyl (C=O) groups is 2. The Labute approximate surface area is 180 Å². The Hall–Kier alpha value is -2.81. The fraction of sp³-hybridized carbons (Fsp3) is 0.333. The molecular formula is C21H25ClN2O6. The molecule has 162 valence electrons. The number of hydrogen-bond acceptors (Lipinski definition) is 6. The molecule has 0 fully saturated rings. The number of carbonyl (C=O) groups excluding carboxylic acids is 2. The van der Waals surface area contributed by atoms with Crippen molar-refractivity contribution in [1.29, 1.82) is 0 Å². The van der Waals surface area contributed by atoms with Crippen LogP contribution in [0, 0.1) is 0 Å². The Bertz CT molecular complexity index is 862. The first-order chi connectivity index (χ1) is 14.3. The van der Waals surface area contributed by atoms with Crippen molar-refractivity contribution in [2.75, 3.05) is 32.7 Å². The molecule has 0 spiro atoms. The number of anilines is 1. The van der Waals surface area contributed by atoms with Crippen molar-refractivity contribution in [1.82, 2.24) is 5.32 Å². The van der Waals surface area contributed by atoms with Crippen molar-refractivity contribution < 1.29 is 28.9 Å². The van der Waals surface area contributed by atoms with Crippen LogP contribution >= 0.6 is 11.6 Å². The Morgan fingerprint density at radius 3 is 2.50 bits per heavy atom. The molecule has 9 heteroatoms. The predicted molar refractivity (Wildman–Crippen MR) is 113 cm³/mol. The molecule has 2 aromatic carbocycles. The number of benzene rings is 2. The summed E-state index contributed by atoms with van der Waals surface area (Å²) in [5, 5.41) is 15.3. The highest BCUT2D eigenvalue weighted by molar-refractivity contribution is 6.34. The zero-order valence-corrected chi connectivity index (χ0v) is 17.7. The van der Waals surface area contributed by atoms with E-state index in [0.717, 1.165) is 5.56 Å². The number of amides is 2. The molecule has 0 unspecified atom stereocenters. The summed E-state index contributed by atoms with van der Waals surface area (Å²) in [5.41, 5.74) is 1.37. The molecular weight excluding hydrogens is 412 g/mol. The average Bonchev–Trinajstić information content (AvgIpc) is 2.77. The highest BCUT2D eigenvalue weighted by atomic mass is 35.5. The van der Waals surface area contributed by atoms with E-state index in [2.05, 4.69) is 15.4 Å². The van der Waals surface area contributed by atoms with E-state index in [-0.39, 0.29) is 41.3 Å². The second-order valence-electron chi connectivity index (χ2n) is 6.40. The topological polar surface area (TPSA) is 106 Å². The zero-order valence-electron chi connectivity index (χ0n) is 17.0. The van der Waals surface area contributed by atoms with Crippen molar-refractivity contribution in [3.8, 4) is 5.75 Å². The number of aliphatic hydroxyl groups is 1. The Kier molecular flexibility index (Phi) is 8.91. The maximum atomic E-state index is 12.1. The van der Waals surface area contributed by atoms with E-state index in [1.54, 1.807) is 0 Å². The summed E-state index contributed by atoms with van der Waals surface area (Å²) in [4.78, 5) is 23.9. The number of urea groups is 1. The first-order valence-corrected chi connectivity index (χ1v) is 9.58. The lowest BCUT2D eigenvalue weighted by molar-refractivity contribution is -0.000953. The Balaban J connectivity index is 1.86. The molecule has 0 aliphatic carbocycles. The van der Waals surface area contributed by atoms with Crippen LogP contribution in [0.1, 0.15) is 28.9 Å². The minimum absolute atomic E-state index is 0.0255. The van der Waals surface area contributed by atoms with E-state index in [0.29, 0.717) is 0 Å². The number of esters is 1. The number of aliphatic hydroxyl groups excluding tert-OH is 1. The summed E-state index contributed by atoms with van der Waals surface area (Å²) in [6, 6.07) is 11.8. The van der Waals surface area contributed by atoms with Gasteiger partial charge in [-0.3, -0.25) is 0 Å². The number of hydrogen-bond donors (Lipinski definition) is 3. The molecule has 2 atom stereocenters. The van der Waals surface area contributed by atoms with Gasteiger partial charge in [0, 0.05) is 12.6 Å². The second-order valence-corrected chi connectivity index (χ2v) is 6.81. The molecule has 0 bridgehead atoms. The lowest BCUT2D eigenvalue weighted by atomic mass is 10.1. The summed E-state index contributed by atoms with van der Waals surface area (Å²) < 4.78 is 15.5. The number of nitrogens with one attached hydrogen (secondary N) is 2. The largest absolute Gasteiger partial charge is 0.496 e. The summed E-state index contributed by atoms with van der Waals surface area (Å²) in [6.07, 6.45) is -1.08. The van der Waals surface area contributed by atoms with E-state index in [9.17, 15) is 14.7 Å². The fourth-order valence-corrected chi connectivity index (χ4v) is 2.81. The van der Waals surface area contributed by atoms with Crippen LogP contribution in [0.5, 0.6) is 5.75 Å². The summed E-state index contributed by atoms with van der Waals surface area (Å²) >= 11 is 6.13. The molecule has 3 N–H and O–H groups in total. The third kappa shape index (κ3) is 6.62. The average molecular weight is 437 g/mol. The van der Waals surface area contributed by atoms with Crippen LogP contribution in [0.15, 0.2) is 42.5 Å². The van der Waals surface area contributed by atoms with Crippen LogP contribution in [0.2, 0.25) is 5.02 Å². The lowest BCUT2D eigenvalue weighted by Gasteiger charge is -2.18. The normalized spacial score (nSPS) is 12.6. The van der Waals surface area contributed by atoms with Gasteiger partial charge in [-0.1, -0.05) is 41.9 Å². The first kappa shape index (κ1) is 23.5. The van der Waals surface area contributed by atoms with Crippen molar-refractivity contribution in [2.24, 2.45) is 0 Å². The predicted octanol–water partition coefficient (Wildman–Crippen LogP) is 3.40. The molecule has 0 heterocycles. The molecule has 2 rings (SSSR count). The summed E-state index contributed by atoms with van der Waals surface area (Å²) in [7, 11) is 2.62. The van der Waals surface area contributed by atoms with E-state index < -0.39 is 18.1 Å². The first-order valence-electron chi connectivity index (χ1n) is 9.21. The Morgan fingerprint density at radius 2 is 1.87 bits per heavy atom. The van der Waals surface area contributed by atoms with Crippen molar-refractivity contribution in [3.05, 3.63) is 58.6 Å². The van der Waals surface area contributed by atoms with Gasteiger partial charge < -0.3 is 30.0 Å². The number of halogens is 1. The number of rotatable bonds is 9. The summed E-state index contributed by atoms with van der Waals surface area (Å²) in [5.74, 6) is -0.414. The molecule has 0 saturated heterocycles. The molecule has 8 nitrogen and oxygen atoms in total. The van der Waals surface area contributed by atoms with Gasteiger partial charge in [0.15, 0.2) is 0 Å². The molecule has 0 aliphatic rings. The van der Waals surface area contributed by atoms with Gasteiger partial charge in [0.05, 0.1) is 43.7 Å². The minimum Gasteiger partial charge on any atom is -0.496 e. The third-order valence-electron chi connectivity index (χ3n) is 4.25. The molecule has 30 heavy (non-hydrogen) atoms. The smallest absolute Gasteiger partial charge is 0.341 e. The molecule has 0 saturated carbocycles. The van der Waals surface area contributed by atoms with Crippen molar-refractivity contribution in [3.63, 3.8) is 0 Å². The minimum atomic E-state index is -0.895. The fourth-order valence-electron chi connectivity index (χ4n) is 2.60. The standard InChI is InChI=1S/C21H25ClN2O6/c1-13(14-7-5-4-6-8-14)30-12-15(25)11-23-21(27)24-18-10-19(28-2)16(9-17(18)22)20(26)29-3/h4-10,13,15,25H,11-12H2,1-3H3,(H2,23,24,27)/t13-,15-/m1/s1. The van der Waals surface area contributed by atoms with Gasteiger partial charge in [-0.25, -0.2) is 9.59 Å². The van der Waals surface area contributed by atoms with Gasteiger partial charge in [0.25, 0.3) is 0 Å².